The van der Waals surface area contributed by atoms with Gasteiger partial charge in [0.15, 0.2) is 5.82 Å². The molecule has 0 bridgehead atoms. The number of alkyl halides is 3. The Bertz CT molecular complexity index is 947. The van der Waals surface area contributed by atoms with Gasteiger partial charge in [0.25, 0.3) is 0 Å². The lowest BCUT2D eigenvalue weighted by atomic mass is 10.00. The molecule has 3 rings (SSSR count). The fourth-order valence-corrected chi connectivity index (χ4v) is 4.20. The zero-order valence-corrected chi connectivity index (χ0v) is 16.3. The molecule has 0 spiro atoms. The number of aryl methyl sites for hydroxylation is 1. The van der Waals surface area contributed by atoms with E-state index in [0.717, 1.165) is 23.6 Å². The molecular weight excluding hydrogens is 416 g/mol. The molecule has 4 nitrogen and oxygen atoms in total. The highest BCUT2D eigenvalue weighted by Gasteiger charge is 2.33. The predicted octanol–water partition coefficient (Wildman–Crippen LogP) is 4.94. The first-order valence-corrected chi connectivity index (χ1v) is 9.49. The molecule has 0 radical (unpaired) electrons. The van der Waals surface area contributed by atoms with Gasteiger partial charge in [-0.25, -0.2) is 4.39 Å². The van der Waals surface area contributed by atoms with Crippen LogP contribution in [0.1, 0.15) is 11.1 Å². The molecule has 0 saturated carbocycles. The Morgan fingerprint density at radius 2 is 2.04 bits per heavy atom. The van der Waals surface area contributed by atoms with Crippen molar-refractivity contribution in [3.8, 4) is 11.3 Å². The zero-order valence-electron chi connectivity index (χ0n) is 14.7. The molecule has 3 aromatic rings. The van der Waals surface area contributed by atoms with E-state index in [2.05, 4.69) is 10.4 Å². The first-order valence-electron chi connectivity index (χ1n) is 8.29. The van der Waals surface area contributed by atoms with Crippen LogP contribution in [0.25, 0.3) is 11.3 Å². The van der Waals surface area contributed by atoms with Crippen molar-refractivity contribution >= 4 is 27.9 Å². The lowest BCUT2D eigenvalue weighted by molar-refractivity contribution is -0.138. The third-order valence-corrected chi connectivity index (χ3v) is 5.55. The number of hydrogen-bond acceptors (Lipinski definition) is 4. The Morgan fingerprint density at radius 1 is 1.32 bits per heavy atom. The molecule has 2 aromatic heterocycles. The highest BCUT2D eigenvalue weighted by molar-refractivity contribution is 7.20. The van der Waals surface area contributed by atoms with E-state index >= 15 is 0 Å². The molecular formula is C18H17ClF4N4S. The van der Waals surface area contributed by atoms with Crippen LogP contribution in [0.4, 0.5) is 22.6 Å². The van der Waals surface area contributed by atoms with E-state index in [4.69, 9.17) is 17.3 Å². The van der Waals surface area contributed by atoms with Crippen LogP contribution >= 0.6 is 22.9 Å². The van der Waals surface area contributed by atoms with Crippen molar-refractivity contribution in [2.45, 2.75) is 18.6 Å². The van der Waals surface area contributed by atoms with E-state index in [1.54, 1.807) is 19.2 Å². The van der Waals surface area contributed by atoms with Crippen LogP contribution in [0.3, 0.4) is 0 Å². The maximum atomic E-state index is 14.0. The normalized spacial score (nSPS) is 13.0. The molecule has 1 aromatic carbocycles. The lowest BCUT2D eigenvalue weighted by Crippen LogP contribution is -2.31. The number of hydrogen-bond donors (Lipinski definition) is 2. The Morgan fingerprint density at radius 3 is 2.64 bits per heavy atom. The third kappa shape index (κ3) is 4.31. The monoisotopic (exact) mass is 432 g/mol. The molecule has 0 fully saturated rings. The standard InChI is InChI=1S/C18H17ClF4N4S/c1-27-16(14(20)9-25-27)12-7-15(28-17(12)19)26-11(8-24)6-10-4-2-3-5-13(10)18(21,22)23/h2-5,7,9,11,26H,6,8,24H2,1H3/t11-/m0/s1. The summed E-state index contributed by atoms with van der Waals surface area (Å²) in [4.78, 5) is 0. The van der Waals surface area contributed by atoms with Gasteiger partial charge in [-0.2, -0.15) is 18.3 Å². The van der Waals surface area contributed by atoms with Crippen LogP contribution in [0.15, 0.2) is 36.5 Å². The SMILES string of the molecule is Cn1ncc(F)c1-c1cc(N[C@H](CN)Cc2ccccc2C(F)(F)F)sc1Cl. The van der Waals surface area contributed by atoms with Crippen molar-refractivity contribution in [1.29, 1.82) is 0 Å². The number of nitrogens with two attached hydrogens (primary N) is 1. The highest BCUT2D eigenvalue weighted by Crippen LogP contribution is 2.40. The van der Waals surface area contributed by atoms with Gasteiger partial charge in [-0.05, 0) is 24.1 Å². The van der Waals surface area contributed by atoms with Gasteiger partial charge >= 0.3 is 6.18 Å². The summed E-state index contributed by atoms with van der Waals surface area (Å²) >= 11 is 7.41. The molecule has 3 N–H and O–H groups in total. The summed E-state index contributed by atoms with van der Waals surface area (Å²) in [6, 6.07) is 6.58. The van der Waals surface area contributed by atoms with Gasteiger partial charge in [0.2, 0.25) is 0 Å². The Kier molecular flexibility index (Phi) is 5.97. The predicted molar refractivity (Wildman–Crippen MR) is 103 cm³/mol. The number of benzene rings is 1. The fraction of sp³-hybridized carbons (Fsp3) is 0.278. The fourth-order valence-electron chi connectivity index (χ4n) is 2.95. The molecule has 10 heteroatoms. The first-order chi connectivity index (χ1) is 13.2. The Balaban J connectivity index is 1.83. The molecule has 0 aliphatic carbocycles. The van der Waals surface area contributed by atoms with E-state index in [0.29, 0.717) is 14.9 Å². The number of aromatic nitrogens is 2. The van der Waals surface area contributed by atoms with Crippen LogP contribution < -0.4 is 11.1 Å². The van der Waals surface area contributed by atoms with Gasteiger partial charge in [0, 0.05) is 25.2 Å². The summed E-state index contributed by atoms with van der Waals surface area (Å²) < 4.78 is 55.3. The van der Waals surface area contributed by atoms with Gasteiger partial charge in [0.1, 0.15) is 10.0 Å². The molecule has 0 amide bonds. The Labute approximate surface area is 167 Å². The summed E-state index contributed by atoms with van der Waals surface area (Å²) in [5, 5.41) is 7.54. The van der Waals surface area contributed by atoms with E-state index < -0.39 is 23.6 Å². The summed E-state index contributed by atoms with van der Waals surface area (Å²) in [5.41, 5.74) is 5.93. The summed E-state index contributed by atoms with van der Waals surface area (Å²) in [6.45, 7) is 0.108. The van der Waals surface area contributed by atoms with Crippen molar-refractivity contribution in [3.05, 3.63) is 57.8 Å². The maximum Gasteiger partial charge on any atom is 0.416 e. The average Bonchev–Trinajstić information content (AvgIpc) is 3.15. The molecule has 28 heavy (non-hydrogen) atoms. The van der Waals surface area contributed by atoms with Crippen molar-refractivity contribution in [3.63, 3.8) is 0 Å². The number of anilines is 1. The van der Waals surface area contributed by atoms with Crippen LogP contribution in [0.2, 0.25) is 4.34 Å². The van der Waals surface area contributed by atoms with E-state index in [9.17, 15) is 17.6 Å². The summed E-state index contributed by atoms with van der Waals surface area (Å²) in [7, 11) is 1.59. The number of nitrogens with zero attached hydrogens (tertiary/aromatic N) is 2. The first kappa shape index (κ1) is 20.6. The minimum absolute atomic E-state index is 0.0805. The Hall–Kier alpha value is -2.10. The van der Waals surface area contributed by atoms with Gasteiger partial charge in [0.05, 0.1) is 16.8 Å². The smallest absolute Gasteiger partial charge is 0.373 e. The summed E-state index contributed by atoms with van der Waals surface area (Å²) in [6.07, 6.45) is -3.27. The van der Waals surface area contributed by atoms with Crippen LogP contribution in [0, 0.1) is 5.82 Å². The molecule has 0 saturated heterocycles. The van der Waals surface area contributed by atoms with Gasteiger partial charge in [-0.1, -0.05) is 29.8 Å². The lowest BCUT2D eigenvalue weighted by Gasteiger charge is -2.19. The zero-order chi connectivity index (χ0) is 20.5. The van der Waals surface area contributed by atoms with Gasteiger partial charge in [-0.15, -0.1) is 11.3 Å². The molecule has 0 unspecified atom stereocenters. The van der Waals surface area contributed by atoms with Crippen molar-refractivity contribution < 1.29 is 17.6 Å². The van der Waals surface area contributed by atoms with Crippen LogP contribution in [0.5, 0.6) is 0 Å². The molecule has 1 atom stereocenters. The number of thiophene rings is 1. The maximum absolute atomic E-state index is 14.0. The average molecular weight is 433 g/mol. The number of nitrogens with one attached hydrogen (secondary N) is 1. The molecule has 150 valence electrons. The van der Waals surface area contributed by atoms with Crippen molar-refractivity contribution in [1.82, 2.24) is 9.78 Å². The van der Waals surface area contributed by atoms with E-state index in [1.807, 2.05) is 0 Å². The van der Waals surface area contributed by atoms with Crippen LogP contribution in [-0.2, 0) is 19.6 Å². The topological polar surface area (TPSA) is 55.9 Å². The quantitative estimate of drug-likeness (QED) is 0.542. The van der Waals surface area contributed by atoms with Crippen molar-refractivity contribution in [2.75, 3.05) is 11.9 Å². The van der Waals surface area contributed by atoms with Crippen LogP contribution in [-0.4, -0.2) is 22.4 Å². The van der Waals surface area contributed by atoms with Gasteiger partial charge < -0.3 is 11.1 Å². The molecule has 0 aliphatic rings. The number of rotatable bonds is 6. The minimum Gasteiger partial charge on any atom is -0.373 e. The largest absolute Gasteiger partial charge is 0.416 e. The van der Waals surface area contributed by atoms with E-state index in [1.165, 1.54) is 16.8 Å². The second-order valence-corrected chi connectivity index (χ2v) is 7.85. The van der Waals surface area contributed by atoms with Gasteiger partial charge in [-0.3, -0.25) is 4.68 Å². The summed E-state index contributed by atoms with van der Waals surface area (Å²) in [5.74, 6) is -0.511. The minimum atomic E-state index is -4.44. The third-order valence-electron chi connectivity index (χ3n) is 4.26. The number of halogens is 5. The highest BCUT2D eigenvalue weighted by atomic mass is 35.5. The second kappa shape index (κ2) is 8.10. The van der Waals surface area contributed by atoms with E-state index in [-0.39, 0.29) is 24.2 Å². The molecule has 0 aliphatic heterocycles. The molecule has 2 heterocycles. The van der Waals surface area contributed by atoms with Crippen molar-refractivity contribution in [2.24, 2.45) is 12.8 Å². The second-order valence-electron chi connectivity index (χ2n) is 6.20.